The number of unbranched alkanes of at least 4 members (excludes halogenated alkanes) is 6. The Hall–Kier alpha value is -1.84. The van der Waals surface area contributed by atoms with E-state index in [1.807, 2.05) is 12.3 Å². The third kappa shape index (κ3) is 11.4. The number of pyridine rings is 1. The van der Waals surface area contributed by atoms with Crippen molar-refractivity contribution in [1.82, 2.24) is 4.98 Å². The molecule has 0 aliphatic carbocycles. The first kappa shape index (κ1) is 21.2. The fourth-order valence-corrected chi connectivity index (χ4v) is 3.17. The summed E-state index contributed by atoms with van der Waals surface area (Å²) in [5, 5.41) is 8.63. The van der Waals surface area contributed by atoms with Crippen LogP contribution in [0, 0.1) is 5.92 Å². The number of rotatable bonds is 14. The van der Waals surface area contributed by atoms with Gasteiger partial charge >= 0.3 is 5.97 Å². The molecule has 0 aromatic carbocycles. The quantitative estimate of drug-likeness (QED) is 0.363. The molecule has 4 heteroatoms. The third-order valence-electron chi connectivity index (χ3n) is 4.58. The number of aromatic nitrogens is 1. The molecule has 4 nitrogen and oxygen atoms in total. The van der Waals surface area contributed by atoms with Crippen LogP contribution in [0.15, 0.2) is 35.3 Å². The lowest BCUT2D eigenvalue weighted by molar-refractivity contribution is -0.131. The van der Waals surface area contributed by atoms with Gasteiger partial charge in [0.05, 0.1) is 0 Å². The van der Waals surface area contributed by atoms with Gasteiger partial charge in [0.1, 0.15) is 0 Å². The number of nitrogens with one attached hydrogen (secondary N) is 1. The van der Waals surface area contributed by atoms with Crippen LogP contribution >= 0.6 is 0 Å². The summed E-state index contributed by atoms with van der Waals surface area (Å²) >= 11 is 0. The molecule has 1 unspecified atom stereocenters. The maximum absolute atomic E-state index is 11.2. The fourth-order valence-electron chi connectivity index (χ4n) is 3.17. The molecule has 0 fully saturated rings. The Bertz CT molecular complexity index is 542. The number of aliphatic carboxylic acids is 1. The van der Waals surface area contributed by atoms with Gasteiger partial charge in [-0.2, -0.15) is 0 Å². The smallest absolute Gasteiger partial charge is 0.327 e. The Morgan fingerprint density at radius 3 is 2.52 bits per heavy atom. The van der Waals surface area contributed by atoms with E-state index in [1.54, 1.807) is 12.1 Å². The first-order valence-corrected chi connectivity index (χ1v) is 9.69. The molecule has 1 atom stereocenters. The van der Waals surface area contributed by atoms with Gasteiger partial charge in [0.25, 0.3) is 0 Å². The van der Waals surface area contributed by atoms with Crippen LogP contribution in [0.5, 0.6) is 0 Å². The van der Waals surface area contributed by atoms with Gasteiger partial charge in [0, 0.05) is 18.3 Å². The minimum Gasteiger partial charge on any atom is -0.478 e. The van der Waals surface area contributed by atoms with Crippen LogP contribution in [-0.4, -0.2) is 16.1 Å². The largest absolute Gasteiger partial charge is 0.478 e. The van der Waals surface area contributed by atoms with Gasteiger partial charge < -0.3 is 10.1 Å². The van der Waals surface area contributed by atoms with Gasteiger partial charge in [-0.15, -0.1) is 0 Å². The molecule has 140 valence electrons. The Morgan fingerprint density at radius 2 is 1.84 bits per heavy atom. The van der Waals surface area contributed by atoms with Crippen LogP contribution in [-0.2, 0) is 11.2 Å². The van der Waals surface area contributed by atoms with Crippen molar-refractivity contribution in [2.24, 2.45) is 5.92 Å². The van der Waals surface area contributed by atoms with Crippen LogP contribution in [0.25, 0.3) is 0 Å². The topological polar surface area (TPSA) is 70.2 Å². The fraction of sp³-hybridized carbons (Fsp3) is 0.619. The van der Waals surface area contributed by atoms with E-state index in [2.05, 4.69) is 11.9 Å². The molecule has 0 aliphatic heterocycles. The van der Waals surface area contributed by atoms with E-state index in [1.165, 1.54) is 56.6 Å². The van der Waals surface area contributed by atoms with E-state index in [4.69, 9.17) is 5.11 Å². The van der Waals surface area contributed by atoms with Crippen LogP contribution in [0.2, 0.25) is 0 Å². The number of hydrogen-bond donors (Lipinski definition) is 2. The van der Waals surface area contributed by atoms with Crippen molar-refractivity contribution >= 4 is 5.97 Å². The monoisotopic (exact) mass is 347 g/mol. The highest BCUT2D eigenvalue weighted by Crippen LogP contribution is 2.22. The predicted octanol–water partition coefficient (Wildman–Crippen LogP) is 5.10. The molecule has 0 radical (unpaired) electrons. The molecule has 2 N–H and O–H groups in total. The van der Waals surface area contributed by atoms with Crippen LogP contribution < -0.4 is 5.56 Å². The SMILES string of the molecule is CCCCCCCCC(CCCC=CC(=O)O)Cc1ccc(=O)[nH]c1. The van der Waals surface area contributed by atoms with E-state index < -0.39 is 5.97 Å². The lowest BCUT2D eigenvalue weighted by Gasteiger charge is -2.16. The minimum atomic E-state index is -0.878. The average Bonchev–Trinajstić information content (AvgIpc) is 2.59. The molecule has 0 bridgehead atoms. The van der Waals surface area contributed by atoms with Gasteiger partial charge in [0.2, 0.25) is 5.56 Å². The normalized spacial score (nSPS) is 12.5. The van der Waals surface area contributed by atoms with Crippen molar-refractivity contribution in [1.29, 1.82) is 0 Å². The zero-order valence-electron chi connectivity index (χ0n) is 15.5. The summed E-state index contributed by atoms with van der Waals surface area (Å²) in [4.78, 5) is 24.4. The standard InChI is InChI=1S/C21H33NO3/c1-2-3-4-5-6-8-11-18(12-9-7-10-13-21(24)25)16-19-14-15-20(23)22-17-19/h10,13-15,17-18H,2-9,11-12,16H2,1H3,(H,22,23)(H,24,25). The Balaban J connectivity index is 2.40. The van der Waals surface area contributed by atoms with E-state index in [-0.39, 0.29) is 5.56 Å². The van der Waals surface area contributed by atoms with Gasteiger partial charge in [-0.3, -0.25) is 4.79 Å². The molecule has 1 heterocycles. The molecule has 0 aliphatic rings. The summed E-state index contributed by atoms with van der Waals surface area (Å²) in [5.41, 5.74) is 1.12. The molecule has 0 saturated heterocycles. The number of H-pyrrole nitrogens is 1. The predicted molar refractivity (Wildman–Crippen MR) is 103 cm³/mol. The second-order valence-corrected chi connectivity index (χ2v) is 6.86. The third-order valence-corrected chi connectivity index (χ3v) is 4.58. The molecular formula is C21H33NO3. The highest BCUT2D eigenvalue weighted by Gasteiger charge is 2.10. The van der Waals surface area contributed by atoms with Gasteiger partial charge in [-0.1, -0.05) is 64.0 Å². The number of aromatic amines is 1. The van der Waals surface area contributed by atoms with Crippen molar-refractivity contribution in [3.63, 3.8) is 0 Å². The molecule has 0 spiro atoms. The van der Waals surface area contributed by atoms with Crippen molar-refractivity contribution in [3.8, 4) is 0 Å². The summed E-state index contributed by atoms with van der Waals surface area (Å²) < 4.78 is 0. The van der Waals surface area contributed by atoms with Crippen LogP contribution in [0.3, 0.4) is 0 Å². The summed E-state index contributed by atoms with van der Waals surface area (Å²) in [6.45, 7) is 2.24. The minimum absolute atomic E-state index is 0.0602. The van der Waals surface area contributed by atoms with E-state index >= 15 is 0 Å². The summed E-state index contributed by atoms with van der Waals surface area (Å²) in [7, 11) is 0. The zero-order valence-corrected chi connectivity index (χ0v) is 15.5. The Kier molecular flexibility index (Phi) is 11.4. The lowest BCUT2D eigenvalue weighted by Crippen LogP contribution is -2.08. The second-order valence-electron chi connectivity index (χ2n) is 6.86. The first-order valence-electron chi connectivity index (χ1n) is 9.69. The molecule has 0 saturated carbocycles. The molecule has 1 aromatic heterocycles. The number of carbonyl (C=O) groups is 1. The average molecular weight is 347 g/mol. The van der Waals surface area contributed by atoms with E-state index in [9.17, 15) is 9.59 Å². The zero-order chi connectivity index (χ0) is 18.3. The van der Waals surface area contributed by atoms with Crippen molar-refractivity contribution < 1.29 is 9.90 Å². The molecule has 0 amide bonds. The van der Waals surface area contributed by atoms with Gasteiger partial charge in [-0.25, -0.2) is 4.79 Å². The van der Waals surface area contributed by atoms with Crippen molar-refractivity contribution in [2.75, 3.05) is 0 Å². The highest BCUT2D eigenvalue weighted by atomic mass is 16.4. The maximum Gasteiger partial charge on any atom is 0.327 e. The molecule has 1 aromatic rings. The second kappa shape index (κ2) is 13.5. The van der Waals surface area contributed by atoms with Crippen molar-refractivity contribution in [3.05, 3.63) is 46.4 Å². The Morgan fingerprint density at radius 1 is 1.12 bits per heavy atom. The molecule has 1 rings (SSSR count). The molecular weight excluding hydrogens is 314 g/mol. The van der Waals surface area contributed by atoms with Gasteiger partial charge in [0.15, 0.2) is 0 Å². The number of allylic oxidation sites excluding steroid dienone is 1. The summed E-state index contributed by atoms with van der Waals surface area (Å²) in [6.07, 6.45) is 17.7. The molecule has 25 heavy (non-hydrogen) atoms. The Labute approximate surface area is 151 Å². The van der Waals surface area contributed by atoms with Crippen LogP contribution in [0.4, 0.5) is 0 Å². The van der Waals surface area contributed by atoms with E-state index in [0.29, 0.717) is 5.92 Å². The van der Waals surface area contributed by atoms with Crippen molar-refractivity contribution in [2.45, 2.75) is 77.6 Å². The first-order chi connectivity index (χ1) is 12.1. The van der Waals surface area contributed by atoms with Crippen LogP contribution in [0.1, 0.15) is 76.7 Å². The number of carboxylic acid groups (broad SMARTS) is 1. The lowest BCUT2D eigenvalue weighted by atomic mass is 9.89. The van der Waals surface area contributed by atoms with E-state index in [0.717, 1.165) is 25.7 Å². The number of carboxylic acids is 1. The number of hydrogen-bond acceptors (Lipinski definition) is 2. The summed E-state index contributed by atoms with van der Waals surface area (Å²) in [6, 6.07) is 3.50. The maximum atomic E-state index is 11.2. The highest BCUT2D eigenvalue weighted by molar-refractivity contribution is 5.79. The van der Waals surface area contributed by atoms with Gasteiger partial charge in [-0.05, 0) is 37.2 Å². The summed E-state index contributed by atoms with van der Waals surface area (Å²) in [5.74, 6) is -0.285.